The lowest BCUT2D eigenvalue weighted by molar-refractivity contribution is -0.144. The van der Waals surface area contributed by atoms with E-state index in [2.05, 4.69) is 22.5 Å². The van der Waals surface area contributed by atoms with E-state index in [4.69, 9.17) is 5.73 Å². The highest BCUT2D eigenvalue weighted by Crippen LogP contribution is 2.37. The predicted octanol–water partition coefficient (Wildman–Crippen LogP) is 2.27. The lowest BCUT2D eigenvalue weighted by atomic mass is 9.79. The number of nitrogens with zero attached hydrogens (tertiary/aromatic N) is 1. The number of amides is 5. The Bertz CT molecular complexity index is 958. The van der Waals surface area contributed by atoms with Crippen molar-refractivity contribution in [1.82, 2.24) is 20.9 Å². The van der Waals surface area contributed by atoms with Gasteiger partial charge in [-0.1, -0.05) is 66.0 Å². The predicted molar refractivity (Wildman–Crippen MR) is 146 cm³/mol. The number of carbonyl (C=O) groups excluding carboxylic acids is 5. The summed E-state index contributed by atoms with van der Waals surface area (Å²) in [5.74, 6) is -3.04. The van der Waals surface area contributed by atoms with Crippen molar-refractivity contribution < 1.29 is 24.0 Å². The Morgan fingerprint density at radius 1 is 1.03 bits per heavy atom. The van der Waals surface area contributed by atoms with E-state index in [1.54, 1.807) is 0 Å². The van der Waals surface area contributed by atoms with Gasteiger partial charge in [-0.15, -0.1) is 0 Å². The van der Waals surface area contributed by atoms with Crippen LogP contribution in [0.25, 0.3) is 0 Å². The maximum Gasteiger partial charge on any atom is 0.315 e. The average Bonchev–Trinajstić information content (AvgIpc) is 3.07. The van der Waals surface area contributed by atoms with Gasteiger partial charge in [0.05, 0.1) is 6.04 Å². The van der Waals surface area contributed by atoms with E-state index in [0.29, 0.717) is 6.42 Å². The zero-order chi connectivity index (χ0) is 29.2. The number of Topliss-reactive ketones (excluding diaryl/α,β-unsaturated/α-hetero) is 1. The largest absolute Gasteiger partial charge is 0.363 e. The minimum absolute atomic E-state index is 0.0294. The van der Waals surface area contributed by atoms with Crippen LogP contribution in [0.5, 0.6) is 0 Å². The molecule has 5 N–H and O–H groups in total. The van der Waals surface area contributed by atoms with Gasteiger partial charge in [0.25, 0.3) is 5.91 Å². The van der Waals surface area contributed by atoms with Crippen molar-refractivity contribution in [2.75, 3.05) is 6.54 Å². The third-order valence-corrected chi connectivity index (χ3v) is 7.34. The zero-order valence-electron chi connectivity index (χ0n) is 24.3. The van der Waals surface area contributed by atoms with E-state index in [1.807, 2.05) is 55.4 Å². The molecule has 38 heavy (non-hydrogen) atoms. The van der Waals surface area contributed by atoms with Crippen LogP contribution in [0.1, 0.15) is 81.1 Å². The average molecular weight is 534 g/mol. The van der Waals surface area contributed by atoms with Crippen LogP contribution in [0.15, 0.2) is 12.2 Å². The summed E-state index contributed by atoms with van der Waals surface area (Å²) in [6.45, 7) is 19.2. The molecule has 214 valence electrons. The fraction of sp³-hybridized carbons (Fsp3) is 0.750. The first-order valence-corrected chi connectivity index (χ1v) is 13.5. The van der Waals surface area contributed by atoms with Gasteiger partial charge >= 0.3 is 6.03 Å². The summed E-state index contributed by atoms with van der Waals surface area (Å²) in [7, 11) is 0. The molecule has 0 aromatic carbocycles. The van der Waals surface area contributed by atoms with Crippen molar-refractivity contribution in [3.8, 4) is 0 Å². The molecule has 1 heterocycles. The van der Waals surface area contributed by atoms with Crippen LogP contribution in [0, 0.1) is 23.2 Å². The summed E-state index contributed by atoms with van der Waals surface area (Å²) in [6, 6.07) is -3.41. The Morgan fingerprint density at radius 2 is 1.61 bits per heavy atom. The number of rotatable bonds is 9. The van der Waals surface area contributed by atoms with Crippen LogP contribution < -0.4 is 21.7 Å². The van der Waals surface area contributed by atoms with Gasteiger partial charge in [-0.2, -0.15) is 0 Å². The molecule has 5 amide bonds. The number of ketones is 1. The quantitative estimate of drug-likeness (QED) is 0.265. The van der Waals surface area contributed by atoms with Crippen molar-refractivity contribution in [3.63, 3.8) is 0 Å². The van der Waals surface area contributed by atoms with E-state index >= 15 is 0 Å². The van der Waals surface area contributed by atoms with Crippen molar-refractivity contribution in [2.45, 2.75) is 105 Å². The zero-order valence-corrected chi connectivity index (χ0v) is 24.3. The molecule has 10 nitrogen and oxygen atoms in total. The highest BCUT2D eigenvalue weighted by molar-refractivity contribution is 6.37. The molecule has 1 saturated heterocycles. The van der Waals surface area contributed by atoms with E-state index < -0.39 is 58.6 Å². The van der Waals surface area contributed by atoms with Crippen LogP contribution in [0.2, 0.25) is 0 Å². The molecule has 1 saturated carbocycles. The van der Waals surface area contributed by atoms with Crippen molar-refractivity contribution >= 4 is 29.5 Å². The summed E-state index contributed by atoms with van der Waals surface area (Å²) in [6.07, 6.45) is 3.22. The topological polar surface area (TPSA) is 151 Å². The maximum atomic E-state index is 14.0. The monoisotopic (exact) mass is 533 g/mol. The van der Waals surface area contributed by atoms with Gasteiger partial charge in [0.2, 0.25) is 17.6 Å². The second-order valence-electron chi connectivity index (χ2n) is 13.3. The van der Waals surface area contributed by atoms with Gasteiger partial charge in [-0.3, -0.25) is 19.2 Å². The molecule has 2 unspecified atom stereocenters. The molecule has 4 atom stereocenters. The molecule has 0 spiro atoms. The Hall–Kier alpha value is -2.91. The highest BCUT2D eigenvalue weighted by atomic mass is 16.2. The molecule has 1 aliphatic heterocycles. The lowest BCUT2D eigenvalue weighted by Crippen LogP contribution is -2.62. The van der Waals surface area contributed by atoms with Crippen LogP contribution in [-0.2, 0) is 19.2 Å². The Morgan fingerprint density at radius 3 is 2.03 bits per heavy atom. The minimum Gasteiger partial charge on any atom is -0.363 e. The summed E-state index contributed by atoms with van der Waals surface area (Å²) < 4.78 is 0. The number of primary amides is 1. The molecule has 10 heteroatoms. The number of hydrogen-bond donors (Lipinski definition) is 4. The standard InChI is InChI=1S/C28H47N5O5/c1-15(2)19-16(3)14-33(25(37)22(27(4,5)6)31-26(38)32-28(7,8)9)20(19)24(36)30-18(21(34)23(29)35)13-17-11-10-12-17/h15,17-20,22H,3,10-14H2,1-2,4-9H3,(H2,29,35)(H,30,36)(H2,31,32,38)/t18?,19?,20-,22+/m0/s1. The molecule has 0 aromatic heterocycles. The number of nitrogens with one attached hydrogen (secondary N) is 3. The second kappa shape index (κ2) is 11.9. The fourth-order valence-electron chi connectivity index (χ4n) is 5.24. The van der Waals surface area contributed by atoms with E-state index in [9.17, 15) is 24.0 Å². The lowest BCUT2D eigenvalue weighted by Gasteiger charge is -2.37. The molecule has 2 rings (SSSR count). The summed E-state index contributed by atoms with van der Waals surface area (Å²) in [5.41, 5.74) is 4.83. The molecular formula is C28H47N5O5. The van der Waals surface area contributed by atoms with Crippen LogP contribution in [0.3, 0.4) is 0 Å². The van der Waals surface area contributed by atoms with Gasteiger partial charge in [0, 0.05) is 18.0 Å². The third kappa shape index (κ3) is 7.80. The number of likely N-dealkylation sites (tertiary alicyclic amines) is 1. The smallest absolute Gasteiger partial charge is 0.315 e. The minimum atomic E-state index is -1.10. The molecule has 1 aliphatic carbocycles. The van der Waals surface area contributed by atoms with Gasteiger partial charge in [-0.05, 0) is 44.4 Å². The van der Waals surface area contributed by atoms with Crippen molar-refractivity contribution in [2.24, 2.45) is 28.9 Å². The molecule has 2 aliphatic rings. The number of nitrogens with two attached hydrogens (primary N) is 1. The van der Waals surface area contributed by atoms with E-state index in [1.165, 1.54) is 4.90 Å². The molecule has 0 bridgehead atoms. The van der Waals surface area contributed by atoms with Gasteiger partial charge in [0.15, 0.2) is 0 Å². The van der Waals surface area contributed by atoms with Crippen molar-refractivity contribution in [1.29, 1.82) is 0 Å². The van der Waals surface area contributed by atoms with E-state index in [-0.39, 0.29) is 24.3 Å². The molecule has 2 fully saturated rings. The summed E-state index contributed by atoms with van der Waals surface area (Å²) >= 11 is 0. The molecule has 0 aromatic rings. The third-order valence-electron chi connectivity index (χ3n) is 7.34. The second-order valence-corrected chi connectivity index (χ2v) is 13.3. The maximum absolute atomic E-state index is 14.0. The van der Waals surface area contributed by atoms with Gasteiger partial charge in [0.1, 0.15) is 12.1 Å². The normalized spacial score (nSPS) is 21.9. The Balaban J connectivity index is 2.38. The summed E-state index contributed by atoms with van der Waals surface area (Å²) in [4.78, 5) is 66.3. The number of hydrogen-bond acceptors (Lipinski definition) is 5. The van der Waals surface area contributed by atoms with Crippen LogP contribution in [-0.4, -0.2) is 64.6 Å². The van der Waals surface area contributed by atoms with Crippen LogP contribution in [0.4, 0.5) is 4.79 Å². The van der Waals surface area contributed by atoms with E-state index in [0.717, 1.165) is 24.8 Å². The highest BCUT2D eigenvalue weighted by Gasteiger charge is 2.49. The first-order chi connectivity index (χ1) is 17.3. The first kappa shape index (κ1) is 31.3. The van der Waals surface area contributed by atoms with Gasteiger partial charge < -0.3 is 26.6 Å². The Kier molecular flexibility index (Phi) is 9.78. The SMILES string of the molecule is C=C1CN(C(=O)[C@@H](NC(=O)NC(C)(C)C)C(C)(C)C)[C@H](C(=O)NC(CC2CCC2)C(=O)C(N)=O)C1C(C)C. The Labute approximate surface area is 226 Å². The van der Waals surface area contributed by atoms with Gasteiger partial charge in [-0.25, -0.2) is 4.79 Å². The number of carbonyl (C=O) groups is 5. The van der Waals surface area contributed by atoms with Crippen molar-refractivity contribution in [3.05, 3.63) is 12.2 Å². The van der Waals surface area contributed by atoms with Crippen LogP contribution >= 0.6 is 0 Å². The first-order valence-electron chi connectivity index (χ1n) is 13.5. The number of urea groups is 1. The molecule has 0 radical (unpaired) electrons. The summed E-state index contributed by atoms with van der Waals surface area (Å²) in [5, 5.41) is 8.38. The fourth-order valence-corrected chi connectivity index (χ4v) is 5.24. The molecular weight excluding hydrogens is 486 g/mol.